The molecule has 0 unspecified atom stereocenters. The molecule has 6 nitrogen and oxygen atoms in total. The van der Waals surface area contributed by atoms with Gasteiger partial charge in [0.25, 0.3) is 0 Å². The number of nitrogen functional groups attached to an aromatic ring is 1. The van der Waals surface area contributed by atoms with Gasteiger partial charge in [-0.25, -0.2) is 4.79 Å². The van der Waals surface area contributed by atoms with Crippen LogP contribution in [0.2, 0.25) is 0 Å². The summed E-state index contributed by atoms with van der Waals surface area (Å²) in [5.74, 6) is 5.29. The zero-order valence-corrected chi connectivity index (χ0v) is 7.93. The van der Waals surface area contributed by atoms with E-state index in [0.29, 0.717) is 11.8 Å². The van der Waals surface area contributed by atoms with Gasteiger partial charge in [0.15, 0.2) is 0 Å². The highest BCUT2D eigenvalue weighted by atomic mass is 16.1. The molecule has 0 aliphatic carbocycles. The first-order chi connectivity index (χ1) is 7.19. The van der Waals surface area contributed by atoms with Crippen molar-refractivity contribution < 1.29 is 4.79 Å². The first-order valence-electron chi connectivity index (χ1n) is 4.18. The number of hydrogen-bond acceptors (Lipinski definition) is 5. The molecule has 4 N–H and O–H groups in total. The lowest BCUT2D eigenvalue weighted by molar-refractivity contribution is -0.108. The maximum absolute atomic E-state index is 11.2. The lowest BCUT2D eigenvalue weighted by Gasteiger charge is -2.02. The third-order valence-electron chi connectivity index (χ3n) is 1.62. The average molecular weight is 206 g/mol. The largest absolute Gasteiger partial charge is 0.382 e. The number of anilines is 1. The van der Waals surface area contributed by atoms with E-state index in [1.165, 1.54) is 6.20 Å². The Hall–Kier alpha value is -2.13. The average Bonchev–Trinajstić information content (AvgIpc) is 2.20. The molecule has 0 saturated heterocycles. The van der Waals surface area contributed by atoms with Crippen molar-refractivity contribution in [1.82, 2.24) is 9.55 Å². The highest BCUT2D eigenvalue weighted by Gasteiger charge is 2.02. The molecule has 1 aromatic rings. The Kier molecular flexibility index (Phi) is 3.60. The minimum absolute atomic E-state index is 0.0445. The van der Waals surface area contributed by atoms with Gasteiger partial charge in [0.1, 0.15) is 12.1 Å². The molecule has 6 heteroatoms. The van der Waals surface area contributed by atoms with Crippen LogP contribution in [0, 0.1) is 11.8 Å². The topological polar surface area (TPSA) is 104 Å². The number of carbonyl (C=O) groups is 1. The molecule has 0 saturated carbocycles. The zero-order chi connectivity index (χ0) is 11.3. The van der Waals surface area contributed by atoms with Crippen molar-refractivity contribution in [2.24, 2.45) is 5.73 Å². The molecule has 15 heavy (non-hydrogen) atoms. The molecule has 0 aliphatic heterocycles. The molecule has 1 aromatic heterocycles. The van der Waals surface area contributed by atoms with Gasteiger partial charge in [-0.15, -0.1) is 0 Å². The predicted molar refractivity (Wildman–Crippen MR) is 54.9 cm³/mol. The van der Waals surface area contributed by atoms with Crippen LogP contribution in [0.15, 0.2) is 11.0 Å². The van der Waals surface area contributed by atoms with E-state index < -0.39 is 5.69 Å². The van der Waals surface area contributed by atoms with Crippen LogP contribution in [0.25, 0.3) is 0 Å². The number of carbonyl (C=O) groups excluding carboxylic acids is 1. The smallest absolute Gasteiger partial charge is 0.349 e. The first-order valence-corrected chi connectivity index (χ1v) is 4.18. The van der Waals surface area contributed by atoms with E-state index in [-0.39, 0.29) is 18.9 Å². The van der Waals surface area contributed by atoms with Crippen LogP contribution in [-0.4, -0.2) is 22.4 Å². The molecule has 0 fully saturated rings. The standard InChI is InChI=1S/C9H10N4O2/c10-3-1-2-7-6-13(4-5-14)9(15)12-8(7)11/h5-6H,3-4,10H2,(H2,11,12,15). The summed E-state index contributed by atoms with van der Waals surface area (Å²) >= 11 is 0. The predicted octanol–water partition coefficient (Wildman–Crippen LogP) is -1.67. The summed E-state index contributed by atoms with van der Waals surface area (Å²) in [6.45, 7) is 0.121. The van der Waals surface area contributed by atoms with E-state index in [1.54, 1.807) is 0 Å². The van der Waals surface area contributed by atoms with Gasteiger partial charge >= 0.3 is 5.69 Å². The maximum atomic E-state index is 11.2. The van der Waals surface area contributed by atoms with Gasteiger partial charge in [0.2, 0.25) is 0 Å². The Labute approximate surface area is 85.9 Å². The fraction of sp³-hybridized carbons (Fsp3) is 0.222. The van der Waals surface area contributed by atoms with Crippen molar-refractivity contribution in [3.63, 3.8) is 0 Å². The lowest BCUT2D eigenvalue weighted by atomic mass is 10.3. The molecular formula is C9H10N4O2. The minimum Gasteiger partial charge on any atom is -0.382 e. The normalized spacial score (nSPS) is 9.13. The molecular weight excluding hydrogens is 196 g/mol. The van der Waals surface area contributed by atoms with Crippen LogP contribution in [0.5, 0.6) is 0 Å². The second-order valence-electron chi connectivity index (χ2n) is 2.65. The summed E-state index contributed by atoms with van der Waals surface area (Å²) in [4.78, 5) is 25.0. The Bertz CT molecular complexity index is 481. The van der Waals surface area contributed by atoms with Crippen LogP contribution in [-0.2, 0) is 11.3 Å². The van der Waals surface area contributed by atoms with E-state index >= 15 is 0 Å². The molecule has 0 amide bonds. The molecule has 0 aromatic carbocycles. The van der Waals surface area contributed by atoms with E-state index in [2.05, 4.69) is 16.8 Å². The second-order valence-corrected chi connectivity index (χ2v) is 2.65. The van der Waals surface area contributed by atoms with Gasteiger partial charge in [-0.05, 0) is 0 Å². The Morgan fingerprint density at radius 2 is 2.33 bits per heavy atom. The summed E-state index contributed by atoms with van der Waals surface area (Å²) in [5.41, 5.74) is 10.5. The Morgan fingerprint density at radius 1 is 1.60 bits per heavy atom. The number of aldehydes is 1. The summed E-state index contributed by atoms with van der Waals surface area (Å²) < 4.78 is 1.13. The number of hydrogen-bond donors (Lipinski definition) is 2. The molecule has 1 rings (SSSR count). The van der Waals surface area contributed by atoms with Crippen molar-refractivity contribution in [3.8, 4) is 11.8 Å². The fourth-order valence-electron chi connectivity index (χ4n) is 0.958. The molecule has 0 atom stereocenters. The molecule has 0 aliphatic rings. The number of nitrogens with zero attached hydrogens (tertiary/aromatic N) is 2. The molecule has 0 radical (unpaired) electrons. The number of aromatic nitrogens is 2. The van der Waals surface area contributed by atoms with Gasteiger partial charge in [-0.1, -0.05) is 11.8 Å². The van der Waals surface area contributed by atoms with Crippen LogP contribution < -0.4 is 17.2 Å². The van der Waals surface area contributed by atoms with Crippen LogP contribution in [0.3, 0.4) is 0 Å². The third-order valence-corrected chi connectivity index (χ3v) is 1.62. The maximum Gasteiger partial charge on any atom is 0.349 e. The van der Waals surface area contributed by atoms with Crippen molar-refractivity contribution in [2.45, 2.75) is 6.54 Å². The highest BCUT2D eigenvalue weighted by Crippen LogP contribution is 2.01. The van der Waals surface area contributed by atoms with Gasteiger partial charge in [0.05, 0.1) is 18.7 Å². The number of rotatable bonds is 2. The quantitative estimate of drug-likeness (QED) is 0.445. The van der Waals surface area contributed by atoms with E-state index in [9.17, 15) is 9.59 Å². The second kappa shape index (κ2) is 4.93. The molecule has 1 heterocycles. The third kappa shape index (κ3) is 2.65. The van der Waals surface area contributed by atoms with Crippen LogP contribution >= 0.6 is 0 Å². The van der Waals surface area contributed by atoms with Crippen LogP contribution in [0.1, 0.15) is 5.56 Å². The van der Waals surface area contributed by atoms with Crippen molar-refractivity contribution in [2.75, 3.05) is 12.3 Å². The zero-order valence-electron chi connectivity index (χ0n) is 7.93. The minimum atomic E-state index is -0.571. The summed E-state index contributed by atoms with van der Waals surface area (Å²) in [5, 5.41) is 0. The van der Waals surface area contributed by atoms with Crippen molar-refractivity contribution >= 4 is 12.1 Å². The van der Waals surface area contributed by atoms with E-state index in [4.69, 9.17) is 11.5 Å². The molecule has 0 spiro atoms. The van der Waals surface area contributed by atoms with E-state index in [0.717, 1.165) is 4.57 Å². The summed E-state index contributed by atoms with van der Waals surface area (Å²) in [7, 11) is 0. The SMILES string of the molecule is NCC#Cc1cn(CC=O)c(=O)nc1N. The Morgan fingerprint density at radius 3 is 2.93 bits per heavy atom. The van der Waals surface area contributed by atoms with Crippen molar-refractivity contribution in [3.05, 3.63) is 22.2 Å². The van der Waals surface area contributed by atoms with Gasteiger partial charge < -0.3 is 16.3 Å². The van der Waals surface area contributed by atoms with E-state index in [1.807, 2.05) is 0 Å². The summed E-state index contributed by atoms with van der Waals surface area (Å²) in [6, 6.07) is 0. The molecule has 78 valence electrons. The van der Waals surface area contributed by atoms with Crippen molar-refractivity contribution in [1.29, 1.82) is 0 Å². The van der Waals surface area contributed by atoms with Gasteiger partial charge in [-0.3, -0.25) is 4.57 Å². The van der Waals surface area contributed by atoms with Gasteiger partial charge in [0, 0.05) is 6.20 Å². The monoisotopic (exact) mass is 206 g/mol. The number of nitrogens with two attached hydrogens (primary N) is 2. The first kappa shape index (κ1) is 10.9. The van der Waals surface area contributed by atoms with Crippen LogP contribution in [0.4, 0.5) is 5.82 Å². The highest BCUT2D eigenvalue weighted by molar-refractivity contribution is 5.52. The Balaban J connectivity index is 3.22. The lowest BCUT2D eigenvalue weighted by Crippen LogP contribution is -2.25. The molecule has 0 bridgehead atoms. The summed E-state index contributed by atoms with van der Waals surface area (Å²) in [6.07, 6.45) is 1.99. The van der Waals surface area contributed by atoms with Gasteiger partial charge in [-0.2, -0.15) is 4.98 Å². The fourth-order valence-corrected chi connectivity index (χ4v) is 0.958.